The van der Waals surface area contributed by atoms with Crippen LogP contribution in [0.25, 0.3) is 0 Å². The number of carbonyl (C=O) groups is 1. The lowest BCUT2D eigenvalue weighted by molar-refractivity contribution is 0.102. The van der Waals surface area contributed by atoms with Crippen molar-refractivity contribution in [2.75, 3.05) is 24.3 Å². The largest absolute Gasteiger partial charge is 0.508 e. The molecule has 0 spiro atoms. The zero-order valence-electron chi connectivity index (χ0n) is 14.6. The van der Waals surface area contributed by atoms with Crippen molar-refractivity contribution in [1.29, 1.82) is 0 Å². The summed E-state index contributed by atoms with van der Waals surface area (Å²) in [5.74, 6) is 1.19. The van der Waals surface area contributed by atoms with Crippen molar-refractivity contribution in [2.45, 2.75) is 0 Å². The van der Waals surface area contributed by atoms with Crippen LogP contribution in [0.3, 0.4) is 0 Å². The van der Waals surface area contributed by atoms with Crippen molar-refractivity contribution in [3.8, 4) is 17.2 Å². The highest BCUT2D eigenvalue weighted by Gasteiger charge is 2.08. The van der Waals surface area contributed by atoms with Gasteiger partial charge < -0.3 is 20.1 Å². The Hall–Kier alpha value is -3.47. The quantitative estimate of drug-likeness (QED) is 0.712. The molecule has 2 N–H and O–H groups in total. The Labute approximate surface area is 152 Å². The third kappa shape index (κ3) is 4.33. The van der Waals surface area contributed by atoms with E-state index in [1.54, 1.807) is 48.5 Å². The van der Waals surface area contributed by atoms with Gasteiger partial charge in [-0.2, -0.15) is 0 Å². The third-order valence-corrected chi connectivity index (χ3v) is 3.79. The van der Waals surface area contributed by atoms with Gasteiger partial charge in [0.2, 0.25) is 0 Å². The molecule has 0 aromatic heterocycles. The molecule has 5 nitrogen and oxygen atoms in total. The number of ether oxygens (including phenoxy) is 1. The Kier molecular flexibility index (Phi) is 5.08. The molecule has 0 aliphatic heterocycles. The van der Waals surface area contributed by atoms with E-state index in [0.29, 0.717) is 22.7 Å². The van der Waals surface area contributed by atoms with Crippen molar-refractivity contribution in [3.63, 3.8) is 0 Å². The van der Waals surface area contributed by atoms with Crippen molar-refractivity contribution in [2.24, 2.45) is 0 Å². The zero-order valence-corrected chi connectivity index (χ0v) is 14.6. The Morgan fingerprint density at radius 3 is 2.38 bits per heavy atom. The lowest BCUT2D eigenvalue weighted by Gasteiger charge is -2.14. The van der Waals surface area contributed by atoms with E-state index in [1.807, 2.05) is 43.3 Å². The van der Waals surface area contributed by atoms with E-state index in [9.17, 15) is 9.90 Å². The Bertz CT molecular complexity index is 905. The van der Waals surface area contributed by atoms with Gasteiger partial charge in [0, 0.05) is 37.1 Å². The first-order valence-electron chi connectivity index (χ1n) is 8.17. The second-order valence-corrected chi connectivity index (χ2v) is 6.02. The van der Waals surface area contributed by atoms with Crippen molar-refractivity contribution < 1.29 is 14.6 Å². The molecule has 26 heavy (non-hydrogen) atoms. The van der Waals surface area contributed by atoms with E-state index < -0.39 is 0 Å². The molecule has 3 rings (SSSR count). The number of benzene rings is 3. The Balaban J connectivity index is 1.73. The van der Waals surface area contributed by atoms with Gasteiger partial charge in [0.15, 0.2) is 0 Å². The summed E-state index contributed by atoms with van der Waals surface area (Å²) in [6.07, 6.45) is 0. The molecule has 1 amide bonds. The molecule has 3 aromatic rings. The summed E-state index contributed by atoms with van der Waals surface area (Å²) in [5, 5.41) is 12.2. The predicted octanol–water partition coefficient (Wildman–Crippen LogP) is 4.50. The molecular weight excluding hydrogens is 328 g/mol. The van der Waals surface area contributed by atoms with Gasteiger partial charge in [0.1, 0.15) is 17.2 Å². The van der Waals surface area contributed by atoms with Gasteiger partial charge in [0.05, 0.1) is 0 Å². The lowest BCUT2D eigenvalue weighted by Crippen LogP contribution is -2.14. The summed E-state index contributed by atoms with van der Waals surface area (Å²) in [6.45, 7) is 0. The van der Waals surface area contributed by atoms with E-state index >= 15 is 0 Å². The number of carbonyl (C=O) groups excluding carboxylic acids is 1. The van der Waals surface area contributed by atoms with Crippen LogP contribution in [0.5, 0.6) is 17.2 Å². The fraction of sp³-hybridized carbons (Fsp3) is 0.0952. The maximum Gasteiger partial charge on any atom is 0.255 e. The molecule has 132 valence electrons. The molecule has 0 bridgehead atoms. The third-order valence-electron chi connectivity index (χ3n) is 3.79. The Morgan fingerprint density at radius 1 is 0.923 bits per heavy atom. The summed E-state index contributed by atoms with van der Waals surface area (Å²) >= 11 is 0. The Morgan fingerprint density at radius 2 is 1.65 bits per heavy atom. The normalized spacial score (nSPS) is 10.2. The highest BCUT2D eigenvalue weighted by Crippen LogP contribution is 2.26. The maximum atomic E-state index is 12.5. The fourth-order valence-corrected chi connectivity index (χ4v) is 2.42. The molecule has 0 radical (unpaired) electrons. The predicted molar refractivity (Wildman–Crippen MR) is 103 cm³/mol. The number of phenols is 1. The van der Waals surface area contributed by atoms with E-state index in [2.05, 4.69) is 5.32 Å². The molecule has 0 fully saturated rings. The van der Waals surface area contributed by atoms with Gasteiger partial charge in [0.25, 0.3) is 5.91 Å². The number of amides is 1. The van der Waals surface area contributed by atoms with Crippen LogP contribution in [0, 0.1) is 0 Å². The van der Waals surface area contributed by atoms with E-state index in [1.165, 1.54) is 0 Å². The highest BCUT2D eigenvalue weighted by atomic mass is 16.5. The number of aromatic hydroxyl groups is 1. The first-order chi connectivity index (χ1) is 12.5. The van der Waals surface area contributed by atoms with Crippen molar-refractivity contribution in [3.05, 3.63) is 78.4 Å². The van der Waals surface area contributed by atoms with Crippen LogP contribution in [0.1, 0.15) is 10.4 Å². The second-order valence-electron chi connectivity index (χ2n) is 6.02. The molecule has 3 aromatic carbocycles. The summed E-state index contributed by atoms with van der Waals surface area (Å²) in [7, 11) is 3.86. The average molecular weight is 348 g/mol. The number of hydrogen-bond acceptors (Lipinski definition) is 4. The number of nitrogens with one attached hydrogen (secondary N) is 1. The smallest absolute Gasteiger partial charge is 0.255 e. The fourth-order valence-electron chi connectivity index (χ4n) is 2.42. The molecule has 0 saturated heterocycles. The monoisotopic (exact) mass is 348 g/mol. The van der Waals surface area contributed by atoms with Gasteiger partial charge in [-0.05, 0) is 54.6 Å². The topological polar surface area (TPSA) is 61.8 Å². The van der Waals surface area contributed by atoms with Crippen LogP contribution in [0.2, 0.25) is 0 Å². The number of nitrogens with zero attached hydrogens (tertiary/aromatic N) is 1. The van der Waals surface area contributed by atoms with Gasteiger partial charge in [-0.25, -0.2) is 0 Å². The van der Waals surface area contributed by atoms with E-state index in [4.69, 9.17) is 4.74 Å². The lowest BCUT2D eigenvalue weighted by atomic mass is 10.1. The van der Waals surface area contributed by atoms with Gasteiger partial charge in [-0.1, -0.05) is 12.1 Å². The first kappa shape index (κ1) is 17.4. The van der Waals surface area contributed by atoms with Gasteiger partial charge in [-0.3, -0.25) is 4.79 Å². The second kappa shape index (κ2) is 7.61. The minimum absolute atomic E-state index is 0.179. The van der Waals surface area contributed by atoms with Crippen LogP contribution < -0.4 is 15.0 Å². The summed E-state index contributed by atoms with van der Waals surface area (Å²) in [5.41, 5.74) is 2.18. The summed E-state index contributed by atoms with van der Waals surface area (Å²) in [6, 6.07) is 21.0. The number of rotatable bonds is 5. The molecule has 0 atom stereocenters. The van der Waals surface area contributed by atoms with Crippen molar-refractivity contribution >= 4 is 17.3 Å². The van der Waals surface area contributed by atoms with Gasteiger partial charge >= 0.3 is 0 Å². The van der Waals surface area contributed by atoms with Crippen LogP contribution in [0.4, 0.5) is 11.4 Å². The number of anilines is 2. The average Bonchev–Trinajstić information content (AvgIpc) is 2.64. The van der Waals surface area contributed by atoms with Crippen LogP contribution >= 0.6 is 0 Å². The van der Waals surface area contributed by atoms with E-state index in [0.717, 1.165) is 5.69 Å². The molecule has 0 aliphatic carbocycles. The van der Waals surface area contributed by atoms with Crippen LogP contribution in [0.15, 0.2) is 72.8 Å². The van der Waals surface area contributed by atoms with Crippen LogP contribution in [-0.2, 0) is 0 Å². The first-order valence-corrected chi connectivity index (χ1v) is 8.17. The highest BCUT2D eigenvalue weighted by molar-refractivity contribution is 6.04. The SMILES string of the molecule is CN(C)c1cccc(C(=O)Nc2cccc(Oc3ccc(O)cc3)c2)c1. The molecule has 5 heteroatoms. The maximum absolute atomic E-state index is 12.5. The van der Waals surface area contributed by atoms with Crippen molar-refractivity contribution in [1.82, 2.24) is 0 Å². The molecule has 0 heterocycles. The standard InChI is InChI=1S/C21H20N2O3/c1-23(2)17-7-3-5-15(13-17)21(25)22-16-6-4-8-20(14-16)26-19-11-9-18(24)10-12-19/h3-14,24H,1-2H3,(H,22,25). The molecular formula is C21H20N2O3. The molecule has 0 unspecified atom stereocenters. The summed E-state index contributed by atoms with van der Waals surface area (Å²) < 4.78 is 5.74. The summed E-state index contributed by atoms with van der Waals surface area (Å²) in [4.78, 5) is 14.4. The molecule has 0 aliphatic rings. The number of phenolic OH excluding ortho intramolecular Hbond substituents is 1. The molecule has 0 saturated carbocycles. The van der Waals surface area contributed by atoms with E-state index in [-0.39, 0.29) is 11.7 Å². The zero-order chi connectivity index (χ0) is 18.5. The van der Waals surface area contributed by atoms with Crippen LogP contribution in [-0.4, -0.2) is 25.1 Å². The minimum atomic E-state index is -0.185. The number of hydrogen-bond donors (Lipinski definition) is 2. The van der Waals surface area contributed by atoms with Gasteiger partial charge in [-0.15, -0.1) is 0 Å². The minimum Gasteiger partial charge on any atom is -0.508 e.